The van der Waals surface area contributed by atoms with Crippen LogP contribution in [0.1, 0.15) is 5.56 Å². The molecule has 3 rings (SSSR count). The van der Waals surface area contributed by atoms with Crippen molar-refractivity contribution in [2.75, 3.05) is 5.32 Å². The molecule has 0 saturated heterocycles. The van der Waals surface area contributed by atoms with Crippen LogP contribution in [-0.2, 0) is 6.54 Å². The van der Waals surface area contributed by atoms with Gasteiger partial charge in [0.1, 0.15) is 0 Å². The summed E-state index contributed by atoms with van der Waals surface area (Å²) in [5, 5.41) is 6.01. The molecule has 0 aliphatic carbocycles. The zero-order valence-corrected chi connectivity index (χ0v) is 9.48. The molecule has 0 aliphatic rings. The first-order valence-electron chi connectivity index (χ1n) is 5.77. The first-order valence-corrected chi connectivity index (χ1v) is 5.77. The molecule has 2 N–H and O–H groups in total. The zero-order valence-electron chi connectivity index (χ0n) is 9.48. The molecule has 1 heterocycles. The SMILES string of the molecule is c1ccc2c(NCc3cc[nH]c3)cccc2c1. The molecule has 1 aromatic heterocycles. The third-order valence-electron chi connectivity index (χ3n) is 2.93. The Morgan fingerprint density at radius 2 is 1.82 bits per heavy atom. The second-order valence-corrected chi connectivity index (χ2v) is 4.10. The smallest absolute Gasteiger partial charge is 0.0422 e. The van der Waals surface area contributed by atoms with Crippen molar-refractivity contribution in [3.05, 3.63) is 66.5 Å². The largest absolute Gasteiger partial charge is 0.380 e. The average Bonchev–Trinajstić information content (AvgIpc) is 2.89. The van der Waals surface area contributed by atoms with Crippen molar-refractivity contribution in [3.63, 3.8) is 0 Å². The summed E-state index contributed by atoms with van der Waals surface area (Å²) in [7, 11) is 0. The fraction of sp³-hybridized carbons (Fsp3) is 0.0667. The summed E-state index contributed by atoms with van der Waals surface area (Å²) in [6.07, 6.45) is 3.96. The molecule has 0 amide bonds. The van der Waals surface area contributed by atoms with Crippen LogP contribution in [0.5, 0.6) is 0 Å². The van der Waals surface area contributed by atoms with Gasteiger partial charge >= 0.3 is 0 Å². The summed E-state index contributed by atoms with van der Waals surface area (Å²) in [4.78, 5) is 3.06. The Hall–Kier alpha value is -2.22. The van der Waals surface area contributed by atoms with Crippen molar-refractivity contribution < 1.29 is 0 Å². The van der Waals surface area contributed by atoms with E-state index in [0.717, 1.165) is 6.54 Å². The number of nitrogens with one attached hydrogen (secondary N) is 2. The van der Waals surface area contributed by atoms with Gasteiger partial charge in [0.15, 0.2) is 0 Å². The minimum absolute atomic E-state index is 0.845. The molecule has 0 unspecified atom stereocenters. The number of rotatable bonds is 3. The van der Waals surface area contributed by atoms with Crippen LogP contribution in [-0.4, -0.2) is 4.98 Å². The van der Waals surface area contributed by atoms with Gasteiger partial charge in [0, 0.05) is 30.0 Å². The lowest BCUT2D eigenvalue weighted by atomic mass is 10.1. The van der Waals surface area contributed by atoms with E-state index in [9.17, 15) is 0 Å². The second kappa shape index (κ2) is 4.34. The molecule has 0 saturated carbocycles. The van der Waals surface area contributed by atoms with E-state index >= 15 is 0 Å². The van der Waals surface area contributed by atoms with Crippen molar-refractivity contribution in [3.8, 4) is 0 Å². The Morgan fingerprint density at radius 3 is 2.71 bits per heavy atom. The lowest BCUT2D eigenvalue weighted by Gasteiger charge is -2.08. The van der Waals surface area contributed by atoms with Gasteiger partial charge < -0.3 is 10.3 Å². The summed E-state index contributed by atoms with van der Waals surface area (Å²) in [6.45, 7) is 0.845. The highest BCUT2D eigenvalue weighted by atomic mass is 14.9. The van der Waals surface area contributed by atoms with E-state index in [2.05, 4.69) is 58.8 Å². The highest BCUT2D eigenvalue weighted by Gasteiger charge is 1.99. The number of hydrogen-bond acceptors (Lipinski definition) is 1. The number of benzene rings is 2. The maximum atomic E-state index is 3.47. The van der Waals surface area contributed by atoms with Crippen LogP contribution in [0, 0.1) is 0 Å². The van der Waals surface area contributed by atoms with Gasteiger partial charge in [-0.25, -0.2) is 0 Å². The number of anilines is 1. The third kappa shape index (κ3) is 2.02. The van der Waals surface area contributed by atoms with Crippen molar-refractivity contribution in [1.29, 1.82) is 0 Å². The highest BCUT2D eigenvalue weighted by Crippen LogP contribution is 2.23. The Morgan fingerprint density at radius 1 is 0.941 bits per heavy atom. The van der Waals surface area contributed by atoms with E-state index in [1.54, 1.807) is 0 Å². The predicted molar refractivity (Wildman–Crippen MR) is 72.1 cm³/mol. The number of hydrogen-bond donors (Lipinski definition) is 2. The monoisotopic (exact) mass is 222 g/mol. The predicted octanol–water partition coefficient (Wildman–Crippen LogP) is 3.78. The van der Waals surface area contributed by atoms with E-state index in [0.29, 0.717) is 0 Å². The molecular formula is C15H14N2. The first kappa shape index (κ1) is 9.97. The van der Waals surface area contributed by atoms with Crippen LogP contribution in [0.3, 0.4) is 0 Å². The van der Waals surface area contributed by atoms with Gasteiger partial charge in [-0.1, -0.05) is 36.4 Å². The molecule has 84 valence electrons. The van der Waals surface area contributed by atoms with Crippen molar-refractivity contribution in [2.24, 2.45) is 0 Å². The lowest BCUT2D eigenvalue weighted by Crippen LogP contribution is -1.98. The van der Waals surface area contributed by atoms with Gasteiger partial charge in [-0.05, 0) is 23.1 Å². The highest BCUT2D eigenvalue weighted by molar-refractivity contribution is 5.93. The third-order valence-corrected chi connectivity index (χ3v) is 2.93. The minimum Gasteiger partial charge on any atom is -0.380 e. The average molecular weight is 222 g/mol. The fourth-order valence-corrected chi connectivity index (χ4v) is 2.05. The molecule has 2 nitrogen and oxygen atoms in total. The van der Waals surface area contributed by atoms with Gasteiger partial charge in [0.05, 0.1) is 0 Å². The Balaban J connectivity index is 1.90. The van der Waals surface area contributed by atoms with Gasteiger partial charge in [-0.3, -0.25) is 0 Å². The van der Waals surface area contributed by atoms with Gasteiger partial charge in [0.25, 0.3) is 0 Å². The van der Waals surface area contributed by atoms with E-state index in [-0.39, 0.29) is 0 Å². The Kier molecular flexibility index (Phi) is 2.54. The Labute approximate surface area is 100 Å². The number of H-pyrrole nitrogens is 1. The summed E-state index contributed by atoms with van der Waals surface area (Å²) >= 11 is 0. The normalized spacial score (nSPS) is 10.6. The number of aromatic nitrogens is 1. The van der Waals surface area contributed by atoms with E-state index in [1.165, 1.54) is 22.0 Å². The molecule has 0 bridgehead atoms. The molecule has 17 heavy (non-hydrogen) atoms. The summed E-state index contributed by atoms with van der Waals surface area (Å²) in [6, 6.07) is 16.8. The van der Waals surface area contributed by atoms with Crippen LogP contribution >= 0.6 is 0 Å². The molecule has 0 aliphatic heterocycles. The van der Waals surface area contributed by atoms with E-state index in [4.69, 9.17) is 0 Å². The summed E-state index contributed by atoms with van der Waals surface area (Å²) < 4.78 is 0. The van der Waals surface area contributed by atoms with E-state index in [1.807, 2.05) is 12.4 Å². The van der Waals surface area contributed by atoms with Crippen LogP contribution in [0.2, 0.25) is 0 Å². The summed E-state index contributed by atoms with van der Waals surface area (Å²) in [5.41, 5.74) is 2.45. The van der Waals surface area contributed by atoms with Crippen molar-refractivity contribution in [2.45, 2.75) is 6.54 Å². The maximum Gasteiger partial charge on any atom is 0.0422 e. The quantitative estimate of drug-likeness (QED) is 0.693. The van der Waals surface area contributed by atoms with Crippen molar-refractivity contribution >= 4 is 16.5 Å². The zero-order chi connectivity index (χ0) is 11.5. The van der Waals surface area contributed by atoms with Crippen LogP contribution in [0.15, 0.2) is 60.9 Å². The number of fused-ring (bicyclic) bond motifs is 1. The summed E-state index contributed by atoms with van der Waals surface area (Å²) in [5.74, 6) is 0. The molecule has 2 aromatic carbocycles. The van der Waals surface area contributed by atoms with Gasteiger partial charge in [-0.2, -0.15) is 0 Å². The van der Waals surface area contributed by atoms with Crippen molar-refractivity contribution in [1.82, 2.24) is 4.98 Å². The van der Waals surface area contributed by atoms with Gasteiger partial charge in [-0.15, -0.1) is 0 Å². The molecule has 3 aromatic rings. The molecule has 0 atom stereocenters. The number of aromatic amines is 1. The molecule has 0 radical (unpaired) electrons. The van der Waals surface area contributed by atoms with Crippen LogP contribution < -0.4 is 5.32 Å². The Bertz CT molecular complexity index is 606. The minimum atomic E-state index is 0.845. The molecule has 0 spiro atoms. The molecular weight excluding hydrogens is 208 g/mol. The molecule has 0 fully saturated rings. The van der Waals surface area contributed by atoms with Crippen LogP contribution in [0.4, 0.5) is 5.69 Å². The van der Waals surface area contributed by atoms with E-state index < -0.39 is 0 Å². The molecule has 2 heteroatoms. The van der Waals surface area contributed by atoms with Crippen LogP contribution in [0.25, 0.3) is 10.8 Å². The maximum absolute atomic E-state index is 3.47. The topological polar surface area (TPSA) is 27.8 Å². The standard InChI is InChI=1S/C15H14N2/c1-2-6-14-13(4-1)5-3-7-15(14)17-11-12-8-9-16-10-12/h1-10,16-17H,11H2. The first-order chi connectivity index (χ1) is 8.43. The fourth-order valence-electron chi connectivity index (χ4n) is 2.05. The second-order valence-electron chi connectivity index (χ2n) is 4.10. The lowest BCUT2D eigenvalue weighted by molar-refractivity contribution is 1.16. The van der Waals surface area contributed by atoms with Gasteiger partial charge in [0.2, 0.25) is 0 Å².